The van der Waals surface area contributed by atoms with Gasteiger partial charge in [0.2, 0.25) is 0 Å². The Labute approximate surface area is 262 Å². The largest absolute Gasteiger partial charge is 1.00 e. The molecule has 0 spiro atoms. The molecule has 0 N–H and O–H groups in total. The van der Waals surface area contributed by atoms with Crippen molar-refractivity contribution in [1.29, 1.82) is 0 Å². The van der Waals surface area contributed by atoms with Crippen molar-refractivity contribution >= 4 is 28.9 Å². The van der Waals surface area contributed by atoms with Crippen LogP contribution in [0.5, 0.6) is 0 Å². The fourth-order valence-corrected chi connectivity index (χ4v) is 5.24. The van der Waals surface area contributed by atoms with Crippen LogP contribution in [0.15, 0.2) is 60.7 Å². The van der Waals surface area contributed by atoms with Crippen molar-refractivity contribution in [2.24, 2.45) is 0 Å². The van der Waals surface area contributed by atoms with Crippen LogP contribution in [0.4, 0.5) is 11.4 Å². The summed E-state index contributed by atoms with van der Waals surface area (Å²) in [5.74, 6) is 0.873. The number of carbonyl (C=O) groups excluding carboxylic acids is 1. The van der Waals surface area contributed by atoms with Crippen molar-refractivity contribution in [1.82, 2.24) is 0 Å². The van der Waals surface area contributed by atoms with Crippen LogP contribution in [0.25, 0.3) is 0 Å². The van der Waals surface area contributed by atoms with E-state index in [1.165, 1.54) is 57.9 Å². The fourth-order valence-electron chi connectivity index (χ4n) is 5.11. The minimum atomic E-state index is -1.18. The molecule has 1 saturated heterocycles. The van der Waals surface area contributed by atoms with E-state index in [2.05, 4.69) is 108 Å². The van der Waals surface area contributed by atoms with Crippen LogP contribution in [-0.2, 0) is 22.4 Å². The quantitative estimate of drug-likeness (QED) is 0.241. The average Bonchev–Trinajstić information content (AvgIpc) is 3.38. The van der Waals surface area contributed by atoms with Gasteiger partial charge in [-0.25, -0.2) is 0 Å². The molecule has 1 aliphatic heterocycles. The van der Waals surface area contributed by atoms with E-state index in [1.807, 2.05) is 0 Å². The Bertz CT molecular complexity index is 1130. The molecule has 1 radical (unpaired) electrons. The van der Waals surface area contributed by atoms with E-state index in [-0.39, 0.29) is 27.9 Å². The Kier molecular flexibility index (Phi) is 12.8. The summed E-state index contributed by atoms with van der Waals surface area (Å²) in [7, 11) is 0. The fraction of sp³-hybridized carbons (Fsp3) is 0.412. The molecule has 3 aromatic carbocycles. The minimum absolute atomic E-state index is 0. The number of aromatic carboxylic acids is 1. The first-order valence-corrected chi connectivity index (χ1v) is 14.4. The van der Waals surface area contributed by atoms with Gasteiger partial charge in [0.25, 0.3) is 0 Å². The Balaban J connectivity index is 0.000000431. The van der Waals surface area contributed by atoms with Crippen LogP contribution < -0.4 is 14.9 Å². The summed E-state index contributed by atoms with van der Waals surface area (Å²) in [6, 6.07) is 19.5. The Hall–Kier alpha value is -2.24. The van der Waals surface area contributed by atoms with Crippen molar-refractivity contribution in [2.45, 2.75) is 79.1 Å². The zero-order chi connectivity index (χ0) is 28.9. The molecule has 0 unspecified atom stereocenters. The Morgan fingerprint density at radius 1 is 0.650 bits per heavy atom. The van der Waals surface area contributed by atoms with Crippen LogP contribution in [0.3, 0.4) is 0 Å². The van der Waals surface area contributed by atoms with E-state index in [4.69, 9.17) is 11.6 Å². The molecule has 0 bridgehead atoms. The van der Waals surface area contributed by atoms with Crippen LogP contribution in [-0.4, -0.2) is 19.1 Å². The molecule has 6 heteroatoms. The third-order valence-electron chi connectivity index (χ3n) is 7.20. The van der Waals surface area contributed by atoms with Gasteiger partial charge in [0.05, 0.1) is 5.97 Å². The molecule has 0 saturated carbocycles. The molecule has 1 fully saturated rings. The molecule has 3 aromatic rings. The minimum Gasteiger partial charge on any atom is -0.545 e. The van der Waals surface area contributed by atoms with Gasteiger partial charge in [-0.1, -0.05) is 116 Å². The van der Waals surface area contributed by atoms with E-state index in [9.17, 15) is 9.90 Å². The van der Waals surface area contributed by atoms with E-state index in [1.54, 1.807) is 0 Å². The zero-order valence-corrected chi connectivity index (χ0v) is 27.2. The maximum atomic E-state index is 10.2. The van der Waals surface area contributed by atoms with Gasteiger partial charge >= 0.3 is 22.4 Å². The van der Waals surface area contributed by atoms with E-state index >= 15 is 0 Å². The summed E-state index contributed by atoms with van der Waals surface area (Å²) in [5.41, 5.74) is 8.81. The Morgan fingerprint density at radius 3 is 1.25 bits per heavy atom. The third kappa shape index (κ3) is 8.16. The Morgan fingerprint density at radius 2 is 0.975 bits per heavy atom. The number of carboxylic acid groups (broad SMARTS) is 1. The second-order valence-electron chi connectivity index (χ2n) is 11.5. The zero-order valence-electron chi connectivity index (χ0n) is 25.0. The second kappa shape index (κ2) is 15.1. The van der Waals surface area contributed by atoms with Crippen LogP contribution in [0.2, 0.25) is 5.02 Å². The predicted molar refractivity (Wildman–Crippen MR) is 164 cm³/mol. The molecule has 4 rings (SSSR count). The molecule has 0 atom stereocenters. The maximum Gasteiger partial charge on any atom is 1.00 e. The normalized spacial score (nSPS) is 13.1. The van der Waals surface area contributed by atoms with Crippen molar-refractivity contribution in [3.63, 3.8) is 0 Å². The van der Waals surface area contributed by atoms with Gasteiger partial charge < -0.3 is 19.7 Å². The van der Waals surface area contributed by atoms with Gasteiger partial charge in [0.1, 0.15) is 6.67 Å². The molecule has 0 aliphatic carbocycles. The van der Waals surface area contributed by atoms with Crippen LogP contribution >= 0.6 is 11.6 Å². The monoisotopic (exact) mass is 653 g/mol. The summed E-state index contributed by atoms with van der Waals surface area (Å²) >= 11 is 5.50. The van der Waals surface area contributed by atoms with Gasteiger partial charge in [-0.15, -0.1) is 0 Å². The summed E-state index contributed by atoms with van der Waals surface area (Å²) in [6.07, 6.45) is 0. The van der Waals surface area contributed by atoms with Crippen LogP contribution in [0.1, 0.15) is 112 Å². The summed E-state index contributed by atoms with van der Waals surface area (Å²) in [6.45, 7) is 22.9. The van der Waals surface area contributed by atoms with Crippen LogP contribution in [0, 0.1) is 6.67 Å². The summed E-state index contributed by atoms with van der Waals surface area (Å²) < 4.78 is 0. The number of para-hydroxylation sites is 2. The summed E-state index contributed by atoms with van der Waals surface area (Å²) in [5, 5.41) is 10.7. The maximum absolute atomic E-state index is 10.2. The number of hydrogen-bond donors (Lipinski definition) is 0. The van der Waals surface area contributed by atoms with E-state index < -0.39 is 5.97 Å². The van der Waals surface area contributed by atoms with Crippen molar-refractivity contribution < 1.29 is 32.3 Å². The molecular formula is C34H43AgClN2O2. The molecule has 0 amide bonds. The number of benzene rings is 3. The predicted octanol–water partition coefficient (Wildman–Crippen LogP) is 8.33. The van der Waals surface area contributed by atoms with Gasteiger partial charge in [-0.3, -0.25) is 0 Å². The topological polar surface area (TPSA) is 46.6 Å². The molecule has 4 nitrogen and oxygen atoms in total. The molecule has 219 valence electrons. The number of nitrogens with zero attached hydrogens (tertiary/aromatic N) is 2. The number of carbonyl (C=O) groups is 1. The van der Waals surface area contributed by atoms with Crippen molar-refractivity contribution in [3.8, 4) is 0 Å². The van der Waals surface area contributed by atoms with E-state index in [0.29, 0.717) is 28.7 Å². The third-order valence-corrected chi connectivity index (χ3v) is 7.45. The number of rotatable bonds is 7. The molecule has 40 heavy (non-hydrogen) atoms. The van der Waals surface area contributed by atoms with Gasteiger partial charge in [0, 0.05) is 29.5 Å². The standard InChI is InChI=1S/C27H39N2.C7H5ClO2.Ag/c1-18(2)22-11-9-12-23(19(3)4)26(22)28-15-16-29(17-28)27-24(20(5)6)13-10-14-25(27)21(7)8;8-6-3-1-5(2-4-6)7(9)10;/h9-14,17-21H,15-16H2,1-8H3;1-4H,(H,9,10);/q;;+1/p-1. The number of carboxylic acids is 1. The van der Waals surface area contributed by atoms with Gasteiger partial charge in [-0.05, 0) is 63.6 Å². The van der Waals surface area contributed by atoms with E-state index in [0.717, 1.165) is 13.1 Å². The van der Waals surface area contributed by atoms with Crippen molar-refractivity contribution in [2.75, 3.05) is 22.9 Å². The SMILES string of the molecule is CC(C)c1cccc(C(C)C)c1N1[CH]N(c2c(C(C)C)cccc2C(C)C)CC1.O=C([O-])c1ccc(Cl)cc1.[Ag+]. The number of hydrogen-bond acceptors (Lipinski definition) is 4. The average molecular weight is 655 g/mol. The van der Waals surface area contributed by atoms with Crippen molar-refractivity contribution in [3.05, 3.63) is 100 Å². The molecular weight excluding hydrogens is 612 g/mol. The number of anilines is 2. The molecule has 1 aliphatic rings. The first-order chi connectivity index (χ1) is 18.4. The second-order valence-corrected chi connectivity index (χ2v) is 11.9. The van der Waals surface area contributed by atoms with Gasteiger partial charge in [0.15, 0.2) is 0 Å². The molecule has 1 heterocycles. The first-order valence-electron chi connectivity index (χ1n) is 14.0. The smallest absolute Gasteiger partial charge is 0.545 e. The van der Waals surface area contributed by atoms with Gasteiger partial charge in [-0.2, -0.15) is 0 Å². The summed E-state index contributed by atoms with van der Waals surface area (Å²) in [4.78, 5) is 15.2. The molecule has 0 aromatic heterocycles. The first kappa shape index (κ1) is 34.0. The number of halogens is 1.